The van der Waals surface area contributed by atoms with Gasteiger partial charge in [0.2, 0.25) is 0 Å². The number of hydrogen-bond acceptors (Lipinski definition) is 2. The van der Waals surface area contributed by atoms with Gasteiger partial charge in [-0.3, -0.25) is 4.31 Å². The van der Waals surface area contributed by atoms with Gasteiger partial charge < -0.3 is 0 Å². The summed E-state index contributed by atoms with van der Waals surface area (Å²) in [4.78, 5) is -0.0307. The summed E-state index contributed by atoms with van der Waals surface area (Å²) in [6.07, 6.45) is 0. The molecule has 0 bridgehead atoms. The maximum absolute atomic E-state index is 13.5. The van der Waals surface area contributed by atoms with E-state index in [9.17, 15) is 17.2 Å². The summed E-state index contributed by atoms with van der Waals surface area (Å²) in [5.74, 6) is -0.956. The smallest absolute Gasteiger partial charge is 0.262 e. The first-order chi connectivity index (χ1) is 12.4. The molecule has 0 atom stereocenters. The summed E-state index contributed by atoms with van der Waals surface area (Å²) >= 11 is 0. The molecule has 0 radical (unpaired) electrons. The normalized spacial score (nSPS) is 11.3. The van der Waals surface area contributed by atoms with Gasteiger partial charge in [0.1, 0.15) is 11.6 Å². The van der Waals surface area contributed by atoms with Crippen molar-refractivity contribution in [3.8, 4) is 0 Å². The SMILES string of the molecule is Cc1cccc(N(Cc2cccc(F)c2)S(=O)(=O)c2ccc(F)cc2)c1. The van der Waals surface area contributed by atoms with Crippen LogP contribution in [0.4, 0.5) is 14.5 Å². The number of anilines is 1. The van der Waals surface area contributed by atoms with E-state index in [2.05, 4.69) is 0 Å². The number of halogens is 2. The molecule has 0 saturated heterocycles. The van der Waals surface area contributed by atoms with Crippen molar-refractivity contribution in [1.82, 2.24) is 0 Å². The fourth-order valence-corrected chi connectivity index (χ4v) is 4.08. The largest absolute Gasteiger partial charge is 0.264 e. The number of nitrogens with zero attached hydrogens (tertiary/aromatic N) is 1. The predicted molar refractivity (Wildman–Crippen MR) is 97.3 cm³/mol. The molecule has 0 aliphatic carbocycles. The lowest BCUT2D eigenvalue weighted by Crippen LogP contribution is -2.30. The molecule has 134 valence electrons. The molecule has 0 aliphatic heterocycles. The van der Waals surface area contributed by atoms with Crippen molar-refractivity contribution in [3.05, 3.63) is 95.6 Å². The first-order valence-corrected chi connectivity index (χ1v) is 9.40. The van der Waals surface area contributed by atoms with Crippen LogP contribution in [0.1, 0.15) is 11.1 Å². The van der Waals surface area contributed by atoms with E-state index in [1.54, 1.807) is 24.3 Å². The number of benzene rings is 3. The van der Waals surface area contributed by atoms with Crippen LogP contribution in [0.5, 0.6) is 0 Å². The van der Waals surface area contributed by atoms with Crippen LogP contribution < -0.4 is 4.31 Å². The topological polar surface area (TPSA) is 37.4 Å². The van der Waals surface area contributed by atoms with Crippen molar-refractivity contribution < 1.29 is 17.2 Å². The van der Waals surface area contributed by atoms with Crippen LogP contribution in [0.2, 0.25) is 0 Å². The highest BCUT2D eigenvalue weighted by atomic mass is 32.2. The maximum Gasteiger partial charge on any atom is 0.264 e. The molecule has 0 aromatic heterocycles. The van der Waals surface area contributed by atoms with Gasteiger partial charge in [-0.2, -0.15) is 0 Å². The summed E-state index contributed by atoms with van der Waals surface area (Å²) in [7, 11) is -3.95. The molecule has 6 heteroatoms. The third-order valence-electron chi connectivity index (χ3n) is 3.91. The molecule has 0 saturated carbocycles. The Labute approximate surface area is 151 Å². The van der Waals surface area contributed by atoms with Gasteiger partial charge in [0.15, 0.2) is 0 Å². The van der Waals surface area contributed by atoms with E-state index in [1.807, 2.05) is 13.0 Å². The molecular weight excluding hydrogens is 356 g/mol. The molecule has 3 aromatic carbocycles. The highest BCUT2D eigenvalue weighted by molar-refractivity contribution is 7.92. The van der Waals surface area contributed by atoms with Crippen LogP contribution in [0, 0.1) is 18.6 Å². The zero-order chi connectivity index (χ0) is 18.7. The second-order valence-electron chi connectivity index (χ2n) is 5.93. The van der Waals surface area contributed by atoms with Crippen LogP contribution in [-0.2, 0) is 16.6 Å². The predicted octanol–water partition coefficient (Wildman–Crippen LogP) is 4.67. The van der Waals surface area contributed by atoms with Crippen molar-refractivity contribution in [2.24, 2.45) is 0 Å². The van der Waals surface area contributed by atoms with Crippen LogP contribution in [0.15, 0.2) is 77.7 Å². The zero-order valence-corrected chi connectivity index (χ0v) is 14.9. The average Bonchev–Trinajstić information content (AvgIpc) is 2.60. The Bertz CT molecular complexity index is 1020. The van der Waals surface area contributed by atoms with E-state index < -0.39 is 21.7 Å². The molecule has 3 rings (SSSR count). The molecule has 3 aromatic rings. The zero-order valence-electron chi connectivity index (χ0n) is 14.1. The van der Waals surface area contributed by atoms with Crippen molar-refractivity contribution in [2.75, 3.05) is 4.31 Å². The highest BCUT2D eigenvalue weighted by Crippen LogP contribution is 2.27. The third kappa shape index (κ3) is 3.91. The van der Waals surface area contributed by atoms with Crippen molar-refractivity contribution in [3.63, 3.8) is 0 Å². The fourth-order valence-electron chi connectivity index (χ4n) is 2.63. The van der Waals surface area contributed by atoms with Crippen LogP contribution in [0.25, 0.3) is 0 Å². The Morgan fingerprint density at radius 1 is 0.846 bits per heavy atom. The number of sulfonamides is 1. The van der Waals surface area contributed by atoms with Gasteiger partial charge in [0.05, 0.1) is 17.1 Å². The Balaban J connectivity index is 2.09. The highest BCUT2D eigenvalue weighted by Gasteiger charge is 2.25. The van der Waals surface area contributed by atoms with E-state index in [-0.39, 0.29) is 11.4 Å². The second kappa shape index (κ2) is 7.25. The first-order valence-electron chi connectivity index (χ1n) is 7.96. The number of hydrogen-bond donors (Lipinski definition) is 0. The molecule has 3 nitrogen and oxygen atoms in total. The van der Waals surface area contributed by atoms with E-state index in [4.69, 9.17) is 0 Å². The summed E-state index contributed by atoms with van der Waals surface area (Å²) in [5, 5.41) is 0. The molecule has 0 aliphatic rings. The van der Waals surface area contributed by atoms with Gasteiger partial charge in [-0.1, -0.05) is 24.3 Å². The van der Waals surface area contributed by atoms with Gasteiger partial charge in [0, 0.05) is 0 Å². The Morgan fingerprint density at radius 3 is 2.19 bits per heavy atom. The molecule has 0 heterocycles. The van der Waals surface area contributed by atoms with Crippen LogP contribution in [0.3, 0.4) is 0 Å². The minimum absolute atomic E-state index is 0.0307. The lowest BCUT2D eigenvalue weighted by molar-refractivity contribution is 0.588. The quantitative estimate of drug-likeness (QED) is 0.652. The van der Waals surface area contributed by atoms with Gasteiger partial charge in [-0.15, -0.1) is 0 Å². The van der Waals surface area contributed by atoms with Gasteiger partial charge in [-0.05, 0) is 66.6 Å². The van der Waals surface area contributed by atoms with Crippen LogP contribution >= 0.6 is 0 Å². The maximum atomic E-state index is 13.5. The Hall–Kier alpha value is -2.73. The first kappa shape index (κ1) is 18.1. The van der Waals surface area contributed by atoms with Gasteiger partial charge in [-0.25, -0.2) is 17.2 Å². The summed E-state index contributed by atoms with van der Waals surface area (Å²) in [6, 6.07) is 17.4. The third-order valence-corrected chi connectivity index (χ3v) is 5.69. The van der Waals surface area contributed by atoms with E-state index >= 15 is 0 Å². The van der Waals surface area contributed by atoms with Gasteiger partial charge >= 0.3 is 0 Å². The number of aryl methyl sites for hydroxylation is 1. The molecule has 0 amide bonds. The molecule has 0 spiro atoms. The average molecular weight is 373 g/mol. The minimum Gasteiger partial charge on any atom is -0.262 e. The standard InChI is InChI=1S/C20H17F2NO2S/c1-15-4-2-7-19(12-15)23(14-16-5-3-6-18(22)13-16)26(24,25)20-10-8-17(21)9-11-20/h2-13H,14H2,1H3. The van der Waals surface area contributed by atoms with E-state index in [0.717, 1.165) is 17.7 Å². The minimum atomic E-state index is -3.95. The van der Waals surface area contributed by atoms with Crippen molar-refractivity contribution in [1.29, 1.82) is 0 Å². The molecule has 0 fully saturated rings. The lowest BCUT2D eigenvalue weighted by Gasteiger charge is -2.25. The lowest BCUT2D eigenvalue weighted by atomic mass is 10.2. The fraction of sp³-hybridized carbons (Fsp3) is 0.100. The molecule has 0 unspecified atom stereocenters. The molecule has 26 heavy (non-hydrogen) atoms. The van der Waals surface area contributed by atoms with Crippen molar-refractivity contribution >= 4 is 15.7 Å². The Morgan fingerprint density at radius 2 is 1.54 bits per heavy atom. The summed E-state index contributed by atoms with van der Waals surface area (Å²) < 4.78 is 54.2. The molecular formula is C20H17F2NO2S. The van der Waals surface area contributed by atoms with E-state index in [1.165, 1.54) is 34.6 Å². The Kier molecular flexibility index (Phi) is 5.04. The summed E-state index contributed by atoms with van der Waals surface area (Å²) in [6.45, 7) is 1.81. The number of rotatable bonds is 5. The van der Waals surface area contributed by atoms with E-state index in [0.29, 0.717) is 11.3 Å². The molecule has 0 N–H and O–H groups in total. The second-order valence-corrected chi connectivity index (χ2v) is 7.80. The van der Waals surface area contributed by atoms with Gasteiger partial charge in [0.25, 0.3) is 10.0 Å². The summed E-state index contributed by atoms with van der Waals surface area (Å²) in [5.41, 5.74) is 1.86. The van der Waals surface area contributed by atoms with Crippen molar-refractivity contribution in [2.45, 2.75) is 18.4 Å². The van der Waals surface area contributed by atoms with Crippen LogP contribution in [-0.4, -0.2) is 8.42 Å². The monoisotopic (exact) mass is 373 g/mol.